The van der Waals surface area contributed by atoms with Crippen LogP contribution in [-0.2, 0) is 9.53 Å². The highest BCUT2D eigenvalue weighted by atomic mass is 32.2. The van der Waals surface area contributed by atoms with E-state index in [0.29, 0.717) is 30.2 Å². The van der Waals surface area contributed by atoms with Gasteiger partial charge >= 0.3 is 0 Å². The fourth-order valence-electron chi connectivity index (χ4n) is 3.11. The number of amides is 2. The lowest BCUT2D eigenvalue weighted by Gasteiger charge is -2.29. The highest BCUT2D eigenvalue weighted by molar-refractivity contribution is 7.99. The second-order valence-corrected chi connectivity index (χ2v) is 7.45. The van der Waals surface area contributed by atoms with E-state index < -0.39 is 6.04 Å². The van der Waals surface area contributed by atoms with E-state index in [9.17, 15) is 9.59 Å². The van der Waals surface area contributed by atoms with Crippen LogP contribution in [0.4, 0.5) is 0 Å². The largest absolute Gasteiger partial charge is 0.497 e. The maximum Gasteiger partial charge on any atom is 0.255 e. The van der Waals surface area contributed by atoms with Crippen LogP contribution in [0, 0.1) is 0 Å². The summed E-state index contributed by atoms with van der Waals surface area (Å²) < 4.78 is 10.2. The number of hydrogen-bond acceptors (Lipinski definition) is 5. The number of benzene rings is 2. The summed E-state index contributed by atoms with van der Waals surface area (Å²) in [6, 6.07) is 16.2. The van der Waals surface area contributed by atoms with Crippen molar-refractivity contribution in [3.05, 3.63) is 65.7 Å². The molecule has 2 amide bonds. The van der Waals surface area contributed by atoms with Crippen molar-refractivity contribution in [2.75, 3.05) is 33.1 Å². The molecule has 0 aliphatic carbocycles. The molecule has 1 heterocycles. The van der Waals surface area contributed by atoms with Gasteiger partial charge in [0.15, 0.2) is 0 Å². The Morgan fingerprint density at radius 1 is 1.11 bits per heavy atom. The van der Waals surface area contributed by atoms with Gasteiger partial charge in [-0.1, -0.05) is 30.3 Å². The predicted octanol–water partition coefficient (Wildman–Crippen LogP) is 2.71. The third kappa shape index (κ3) is 4.48. The molecule has 0 radical (unpaired) electrons. The van der Waals surface area contributed by atoms with Crippen molar-refractivity contribution >= 4 is 23.6 Å². The van der Waals surface area contributed by atoms with E-state index in [0.717, 1.165) is 5.56 Å². The Balaban J connectivity index is 1.87. The first-order valence-corrected chi connectivity index (χ1v) is 10.1. The zero-order chi connectivity index (χ0) is 19.9. The van der Waals surface area contributed by atoms with E-state index in [1.54, 1.807) is 55.1 Å². The highest BCUT2D eigenvalue weighted by Gasteiger charge is 2.42. The number of ether oxygens (including phenoxy) is 2. The van der Waals surface area contributed by atoms with Crippen LogP contribution in [0.5, 0.6) is 5.75 Å². The van der Waals surface area contributed by atoms with Crippen molar-refractivity contribution in [3.63, 3.8) is 0 Å². The van der Waals surface area contributed by atoms with Crippen LogP contribution in [0.15, 0.2) is 54.6 Å². The van der Waals surface area contributed by atoms with Gasteiger partial charge in [-0.05, 0) is 29.8 Å². The van der Waals surface area contributed by atoms with Gasteiger partial charge in [0.05, 0.1) is 13.7 Å². The van der Waals surface area contributed by atoms with Crippen LogP contribution in [0.25, 0.3) is 0 Å². The van der Waals surface area contributed by atoms with Crippen molar-refractivity contribution in [1.82, 2.24) is 10.2 Å². The number of thioether (sulfide) groups is 1. The lowest BCUT2D eigenvalue weighted by Crippen LogP contribution is -2.48. The molecule has 2 aromatic rings. The second-order valence-electron chi connectivity index (χ2n) is 6.34. The Kier molecular flexibility index (Phi) is 6.95. The molecular formula is C21H24N2O4S. The van der Waals surface area contributed by atoms with Crippen LogP contribution < -0.4 is 10.1 Å². The molecule has 6 nitrogen and oxygen atoms in total. The number of nitrogens with one attached hydrogen (secondary N) is 1. The summed E-state index contributed by atoms with van der Waals surface area (Å²) >= 11 is 1.60. The molecule has 1 N–H and O–H groups in total. The fourth-order valence-corrected chi connectivity index (χ4v) is 4.54. The summed E-state index contributed by atoms with van der Waals surface area (Å²) in [5, 5.41) is 2.65. The van der Waals surface area contributed by atoms with E-state index in [4.69, 9.17) is 9.47 Å². The van der Waals surface area contributed by atoms with Crippen LogP contribution in [0.3, 0.4) is 0 Å². The molecule has 0 aromatic heterocycles. The van der Waals surface area contributed by atoms with Gasteiger partial charge in [0.25, 0.3) is 5.91 Å². The first-order valence-electron chi connectivity index (χ1n) is 9.05. The molecule has 7 heteroatoms. The van der Waals surface area contributed by atoms with Crippen molar-refractivity contribution in [2.24, 2.45) is 0 Å². The number of carbonyl (C=O) groups is 2. The van der Waals surface area contributed by atoms with E-state index in [-0.39, 0.29) is 17.2 Å². The average Bonchev–Trinajstić information content (AvgIpc) is 3.19. The lowest BCUT2D eigenvalue weighted by atomic mass is 10.1. The summed E-state index contributed by atoms with van der Waals surface area (Å²) in [5.74, 6) is 0.888. The third-order valence-corrected chi connectivity index (χ3v) is 5.89. The summed E-state index contributed by atoms with van der Waals surface area (Å²) in [7, 11) is 3.17. The molecule has 0 saturated carbocycles. The molecule has 1 saturated heterocycles. The van der Waals surface area contributed by atoms with Crippen LogP contribution >= 0.6 is 11.8 Å². The number of hydrogen-bond donors (Lipinski definition) is 1. The first-order chi connectivity index (χ1) is 13.7. The van der Waals surface area contributed by atoms with Gasteiger partial charge in [0.1, 0.15) is 17.2 Å². The first kappa shape index (κ1) is 20.2. The Labute approximate surface area is 169 Å². The summed E-state index contributed by atoms with van der Waals surface area (Å²) in [6.45, 7) is 0.844. The quantitative estimate of drug-likeness (QED) is 0.724. The smallest absolute Gasteiger partial charge is 0.255 e. The number of carbonyl (C=O) groups excluding carboxylic acids is 2. The molecule has 2 atom stereocenters. The molecule has 0 bridgehead atoms. The van der Waals surface area contributed by atoms with E-state index in [1.165, 1.54) is 0 Å². The molecular weight excluding hydrogens is 376 g/mol. The summed E-state index contributed by atoms with van der Waals surface area (Å²) in [5.41, 5.74) is 1.53. The molecule has 2 aromatic carbocycles. The Morgan fingerprint density at radius 2 is 1.82 bits per heavy atom. The maximum atomic E-state index is 13.3. The normalized spacial score (nSPS) is 18.7. The average molecular weight is 401 g/mol. The van der Waals surface area contributed by atoms with Gasteiger partial charge in [-0.15, -0.1) is 11.8 Å². The molecule has 1 fully saturated rings. The monoisotopic (exact) mass is 400 g/mol. The Hall–Kier alpha value is -2.51. The van der Waals surface area contributed by atoms with E-state index in [1.807, 2.05) is 30.3 Å². The second kappa shape index (κ2) is 9.61. The molecule has 1 aliphatic rings. The predicted molar refractivity (Wildman–Crippen MR) is 109 cm³/mol. The van der Waals surface area contributed by atoms with Crippen molar-refractivity contribution in [2.45, 2.75) is 11.4 Å². The van der Waals surface area contributed by atoms with Gasteiger partial charge < -0.3 is 19.7 Å². The van der Waals surface area contributed by atoms with Crippen molar-refractivity contribution < 1.29 is 19.1 Å². The van der Waals surface area contributed by atoms with Crippen LogP contribution in [0.2, 0.25) is 0 Å². The highest BCUT2D eigenvalue weighted by Crippen LogP contribution is 2.42. The summed E-state index contributed by atoms with van der Waals surface area (Å²) in [4.78, 5) is 27.8. The van der Waals surface area contributed by atoms with Crippen molar-refractivity contribution in [3.8, 4) is 5.75 Å². The molecule has 0 unspecified atom stereocenters. The Bertz CT molecular complexity index is 798. The maximum absolute atomic E-state index is 13.3. The summed E-state index contributed by atoms with van der Waals surface area (Å²) in [6.07, 6.45) is 0. The molecule has 1 aliphatic heterocycles. The minimum Gasteiger partial charge on any atom is -0.497 e. The lowest BCUT2D eigenvalue weighted by molar-refractivity contribution is -0.125. The van der Waals surface area contributed by atoms with Gasteiger partial charge in [-0.25, -0.2) is 0 Å². The minimum absolute atomic E-state index is 0.162. The molecule has 0 spiro atoms. The topological polar surface area (TPSA) is 67.9 Å². The van der Waals surface area contributed by atoms with Crippen molar-refractivity contribution in [1.29, 1.82) is 0 Å². The zero-order valence-corrected chi connectivity index (χ0v) is 16.8. The minimum atomic E-state index is -0.540. The number of methoxy groups -OCH3 is 2. The van der Waals surface area contributed by atoms with E-state index in [2.05, 4.69) is 5.32 Å². The zero-order valence-electron chi connectivity index (χ0n) is 16.0. The molecule has 148 valence electrons. The number of nitrogens with zero attached hydrogens (tertiary/aromatic N) is 1. The van der Waals surface area contributed by atoms with Crippen LogP contribution in [-0.4, -0.2) is 55.9 Å². The van der Waals surface area contributed by atoms with Gasteiger partial charge in [0.2, 0.25) is 5.91 Å². The van der Waals surface area contributed by atoms with Gasteiger partial charge in [0, 0.05) is 25.0 Å². The van der Waals surface area contributed by atoms with Crippen LogP contribution in [0.1, 0.15) is 21.3 Å². The SMILES string of the molecule is COCCNC(=O)[C@H]1CS[C@@H](c2ccccc2)N1C(=O)c1ccc(OC)cc1. The standard InChI is InChI=1S/C21H24N2O4S/c1-26-13-12-22-19(24)18-14-28-21(16-6-4-3-5-7-16)23(18)20(25)15-8-10-17(27-2)11-9-15/h3-11,18,21H,12-14H2,1-2H3,(H,22,24)/t18-,21+/m1/s1. The molecule has 3 rings (SSSR count). The number of rotatable bonds is 7. The van der Waals surface area contributed by atoms with Gasteiger partial charge in [-0.3, -0.25) is 9.59 Å². The Morgan fingerprint density at radius 3 is 2.46 bits per heavy atom. The fraction of sp³-hybridized carbons (Fsp3) is 0.333. The third-order valence-electron chi connectivity index (χ3n) is 4.56. The van der Waals surface area contributed by atoms with E-state index >= 15 is 0 Å². The van der Waals surface area contributed by atoms with Gasteiger partial charge in [-0.2, -0.15) is 0 Å². The molecule has 28 heavy (non-hydrogen) atoms.